The van der Waals surface area contributed by atoms with Crippen molar-refractivity contribution in [2.45, 2.75) is 31.2 Å². The average Bonchev–Trinajstić information content (AvgIpc) is 2.75. The Morgan fingerprint density at radius 3 is 3.25 bits per heavy atom. The van der Waals surface area contributed by atoms with Gasteiger partial charge in [-0.05, 0) is 42.4 Å². The highest BCUT2D eigenvalue weighted by Crippen LogP contribution is 2.35. The Balaban J connectivity index is 1.83. The molecule has 16 heavy (non-hydrogen) atoms. The molecule has 0 bridgehead atoms. The zero-order valence-electron chi connectivity index (χ0n) is 9.53. The summed E-state index contributed by atoms with van der Waals surface area (Å²) in [6.07, 6.45) is 2.34. The summed E-state index contributed by atoms with van der Waals surface area (Å²) in [6, 6.07) is 7.27. The molecule has 1 N–H and O–H groups in total. The van der Waals surface area contributed by atoms with Gasteiger partial charge in [-0.1, -0.05) is 6.07 Å². The van der Waals surface area contributed by atoms with E-state index in [0.717, 1.165) is 18.8 Å². The topological polar surface area (TPSA) is 21.3 Å². The van der Waals surface area contributed by atoms with Gasteiger partial charge in [0.05, 0.1) is 12.0 Å². The molecule has 0 amide bonds. The molecule has 3 heteroatoms. The maximum atomic E-state index is 5.53. The minimum atomic E-state index is 0.467. The maximum Gasteiger partial charge on any atom is 0.122 e. The molecule has 3 rings (SSSR count). The second kappa shape index (κ2) is 4.30. The Labute approximate surface area is 101 Å². The van der Waals surface area contributed by atoms with Crippen LogP contribution in [0.4, 0.5) is 0 Å². The molecule has 2 nitrogen and oxygen atoms in total. The lowest BCUT2D eigenvalue weighted by atomic mass is 10.1. The lowest BCUT2D eigenvalue weighted by molar-refractivity contribution is 0.357. The number of hydrogen-bond donors (Lipinski definition) is 1. The Morgan fingerprint density at radius 2 is 2.38 bits per heavy atom. The highest BCUT2D eigenvalue weighted by Gasteiger charge is 2.21. The minimum Gasteiger partial charge on any atom is -0.493 e. The highest BCUT2D eigenvalue weighted by molar-refractivity contribution is 7.99. The molecule has 2 atom stereocenters. The third kappa shape index (κ3) is 1.94. The maximum absolute atomic E-state index is 5.53. The summed E-state index contributed by atoms with van der Waals surface area (Å²) in [5.41, 5.74) is 2.78. The van der Waals surface area contributed by atoms with Crippen molar-refractivity contribution in [2.75, 3.05) is 12.4 Å². The summed E-state index contributed by atoms with van der Waals surface area (Å²) in [4.78, 5) is 0. The Kier molecular flexibility index (Phi) is 2.82. The number of rotatable bonds is 1. The third-order valence-electron chi connectivity index (χ3n) is 3.29. The van der Waals surface area contributed by atoms with Gasteiger partial charge in [0.15, 0.2) is 0 Å². The molecule has 0 radical (unpaired) electrons. The molecule has 0 aromatic heterocycles. The van der Waals surface area contributed by atoms with Gasteiger partial charge in [0.1, 0.15) is 5.75 Å². The van der Waals surface area contributed by atoms with Crippen LogP contribution in [0.15, 0.2) is 18.2 Å². The van der Waals surface area contributed by atoms with Crippen molar-refractivity contribution in [3.63, 3.8) is 0 Å². The van der Waals surface area contributed by atoms with Gasteiger partial charge in [-0.25, -0.2) is 0 Å². The summed E-state index contributed by atoms with van der Waals surface area (Å²) in [5.74, 6) is 2.34. The van der Waals surface area contributed by atoms with Crippen molar-refractivity contribution >= 4 is 11.8 Å². The van der Waals surface area contributed by atoms with Crippen LogP contribution in [-0.2, 0) is 6.42 Å². The highest BCUT2D eigenvalue weighted by atomic mass is 32.2. The minimum absolute atomic E-state index is 0.467. The molecule has 1 aromatic carbocycles. The Morgan fingerprint density at radius 1 is 1.44 bits per heavy atom. The van der Waals surface area contributed by atoms with Crippen molar-refractivity contribution in [1.29, 1.82) is 0 Å². The van der Waals surface area contributed by atoms with E-state index in [1.54, 1.807) is 0 Å². The van der Waals surface area contributed by atoms with Gasteiger partial charge < -0.3 is 4.74 Å². The normalized spacial score (nSPS) is 28.6. The number of fused-ring (bicyclic) bond motifs is 1. The van der Waals surface area contributed by atoms with Crippen LogP contribution in [0, 0.1) is 0 Å². The van der Waals surface area contributed by atoms with Crippen LogP contribution >= 0.6 is 11.8 Å². The fraction of sp³-hybridized carbons (Fsp3) is 0.538. The van der Waals surface area contributed by atoms with Crippen LogP contribution in [0.1, 0.15) is 29.8 Å². The molecule has 0 spiro atoms. The molecule has 2 unspecified atom stereocenters. The third-order valence-corrected chi connectivity index (χ3v) is 4.50. The predicted molar refractivity (Wildman–Crippen MR) is 68.1 cm³/mol. The van der Waals surface area contributed by atoms with Crippen molar-refractivity contribution in [3.05, 3.63) is 29.3 Å². The number of hydrogen-bond acceptors (Lipinski definition) is 3. The van der Waals surface area contributed by atoms with Crippen LogP contribution in [-0.4, -0.2) is 18.4 Å². The van der Waals surface area contributed by atoms with Gasteiger partial charge in [-0.15, -0.1) is 11.8 Å². The van der Waals surface area contributed by atoms with E-state index in [1.165, 1.54) is 23.3 Å². The van der Waals surface area contributed by atoms with Gasteiger partial charge >= 0.3 is 0 Å². The second-order valence-corrected chi connectivity index (χ2v) is 5.79. The molecule has 2 aliphatic rings. The summed E-state index contributed by atoms with van der Waals surface area (Å²) in [7, 11) is 0. The summed E-state index contributed by atoms with van der Waals surface area (Å²) >= 11 is 2.01. The molecule has 86 valence electrons. The molecule has 1 aromatic rings. The van der Waals surface area contributed by atoms with Crippen LogP contribution in [0.2, 0.25) is 0 Å². The molecule has 0 saturated carbocycles. The van der Waals surface area contributed by atoms with Crippen LogP contribution in [0.5, 0.6) is 5.75 Å². The fourth-order valence-corrected chi connectivity index (χ4v) is 3.71. The van der Waals surface area contributed by atoms with E-state index in [9.17, 15) is 0 Å². The molecule has 2 aliphatic heterocycles. The van der Waals surface area contributed by atoms with Gasteiger partial charge in [-0.2, -0.15) is 0 Å². The number of nitrogens with one attached hydrogen (secondary N) is 1. The first-order chi connectivity index (χ1) is 7.83. The van der Waals surface area contributed by atoms with E-state index in [2.05, 4.69) is 30.4 Å². The van der Waals surface area contributed by atoms with Crippen LogP contribution < -0.4 is 10.1 Å². The number of benzene rings is 1. The average molecular weight is 235 g/mol. The lowest BCUT2D eigenvalue weighted by Gasteiger charge is -2.28. The fourth-order valence-electron chi connectivity index (χ4n) is 2.31. The molecule has 2 heterocycles. The van der Waals surface area contributed by atoms with Crippen molar-refractivity contribution < 1.29 is 4.74 Å². The lowest BCUT2D eigenvalue weighted by Crippen LogP contribution is -2.33. The molecular formula is C13H17NOS. The first kappa shape index (κ1) is 10.5. The first-order valence-corrected chi connectivity index (χ1v) is 7.01. The number of thioether (sulfide) groups is 1. The standard InChI is InChI=1S/C13H17NOS/c1-9-5-7-16-13(14-9)11-2-3-12-10(8-11)4-6-15-12/h2-3,8-9,13-14H,4-7H2,1H3. The predicted octanol–water partition coefficient (Wildman–Crippen LogP) is 2.74. The van der Waals surface area contributed by atoms with E-state index in [1.807, 2.05) is 11.8 Å². The summed E-state index contributed by atoms with van der Waals surface area (Å²) < 4.78 is 5.53. The number of ether oxygens (including phenoxy) is 1. The smallest absolute Gasteiger partial charge is 0.122 e. The van der Waals surface area contributed by atoms with Gasteiger partial charge in [0, 0.05) is 12.5 Å². The van der Waals surface area contributed by atoms with E-state index in [4.69, 9.17) is 4.74 Å². The largest absolute Gasteiger partial charge is 0.493 e. The Bertz CT molecular complexity index is 394. The van der Waals surface area contributed by atoms with Crippen molar-refractivity contribution in [1.82, 2.24) is 5.32 Å². The second-order valence-electron chi connectivity index (χ2n) is 4.57. The molecule has 1 fully saturated rings. The molecular weight excluding hydrogens is 218 g/mol. The van der Waals surface area contributed by atoms with E-state index < -0.39 is 0 Å². The van der Waals surface area contributed by atoms with Crippen LogP contribution in [0.3, 0.4) is 0 Å². The quantitative estimate of drug-likeness (QED) is 0.808. The first-order valence-electron chi connectivity index (χ1n) is 5.96. The van der Waals surface area contributed by atoms with Gasteiger partial charge in [0.25, 0.3) is 0 Å². The van der Waals surface area contributed by atoms with Crippen LogP contribution in [0.25, 0.3) is 0 Å². The van der Waals surface area contributed by atoms with E-state index in [0.29, 0.717) is 11.4 Å². The SMILES string of the molecule is CC1CCSC(c2ccc3c(c2)CCO3)N1. The zero-order chi connectivity index (χ0) is 11.0. The zero-order valence-corrected chi connectivity index (χ0v) is 10.3. The van der Waals surface area contributed by atoms with Crippen molar-refractivity contribution in [2.24, 2.45) is 0 Å². The monoisotopic (exact) mass is 235 g/mol. The van der Waals surface area contributed by atoms with E-state index >= 15 is 0 Å². The molecule has 0 aliphatic carbocycles. The molecule has 1 saturated heterocycles. The van der Waals surface area contributed by atoms with Gasteiger partial charge in [0.2, 0.25) is 0 Å². The van der Waals surface area contributed by atoms with Gasteiger partial charge in [-0.3, -0.25) is 5.32 Å². The summed E-state index contributed by atoms with van der Waals surface area (Å²) in [5, 5.41) is 4.11. The van der Waals surface area contributed by atoms with Crippen molar-refractivity contribution in [3.8, 4) is 5.75 Å². The van der Waals surface area contributed by atoms with E-state index in [-0.39, 0.29) is 0 Å². The summed E-state index contributed by atoms with van der Waals surface area (Å²) in [6.45, 7) is 3.11. The Hall–Kier alpha value is -0.670.